The molecule has 0 aromatic carbocycles. The maximum atomic E-state index is 5.53. The average Bonchev–Trinajstić information content (AvgIpc) is 2.30. The zero-order valence-corrected chi connectivity index (χ0v) is 9.78. The molecule has 1 aromatic rings. The van der Waals surface area contributed by atoms with Crippen LogP contribution in [0.2, 0.25) is 0 Å². The number of nitrogens with zero attached hydrogens (tertiary/aromatic N) is 2. The van der Waals surface area contributed by atoms with Crippen molar-refractivity contribution in [3.63, 3.8) is 0 Å². The summed E-state index contributed by atoms with van der Waals surface area (Å²) >= 11 is 0. The Hall–Kier alpha value is -1.16. The summed E-state index contributed by atoms with van der Waals surface area (Å²) in [5.74, 6) is 0. The molecule has 2 rings (SSSR count). The number of hydrogen-bond acceptors (Lipinski definition) is 4. The molecule has 1 N–H and O–H groups in total. The highest BCUT2D eigenvalue weighted by molar-refractivity contribution is 5.02. The molecule has 4 nitrogen and oxygen atoms in total. The number of aromatic nitrogens is 2. The van der Waals surface area contributed by atoms with Gasteiger partial charge in [-0.2, -0.15) is 0 Å². The third-order valence-corrected chi connectivity index (χ3v) is 2.88. The van der Waals surface area contributed by atoms with E-state index >= 15 is 0 Å². The Morgan fingerprint density at radius 3 is 3.19 bits per heavy atom. The van der Waals surface area contributed by atoms with Gasteiger partial charge in [0, 0.05) is 17.9 Å². The number of aryl methyl sites for hydroxylation is 1. The number of hydrogen-bond donors (Lipinski definition) is 1. The van der Waals surface area contributed by atoms with E-state index in [-0.39, 0.29) is 0 Å². The first-order valence-electron chi connectivity index (χ1n) is 6.00. The minimum atomic E-state index is 0.496. The van der Waals surface area contributed by atoms with Crippen LogP contribution in [-0.4, -0.2) is 29.2 Å². The van der Waals surface area contributed by atoms with Crippen molar-refractivity contribution >= 4 is 0 Å². The highest BCUT2D eigenvalue weighted by atomic mass is 16.5. The van der Waals surface area contributed by atoms with Crippen LogP contribution >= 0.6 is 0 Å². The smallest absolute Gasteiger partial charge is 0.316 e. The Morgan fingerprint density at radius 1 is 1.50 bits per heavy atom. The van der Waals surface area contributed by atoms with Gasteiger partial charge in [-0.3, -0.25) is 0 Å². The van der Waals surface area contributed by atoms with Gasteiger partial charge in [0.2, 0.25) is 0 Å². The van der Waals surface area contributed by atoms with E-state index in [1.165, 1.54) is 19.3 Å². The first-order chi connectivity index (χ1) is 7.84. The van der Waals surface area contributed by atoms with Gasteiger partial charge in [0.25, 0.3) is 0 Å². The fraction of sp³-hybridized carbons (Fsp3) is 0.667. The second-order valence-corrected chi connectivity index (χ2v) is 4.26. The summed E-state index contributed by atoms with van der Waals surface area (Å²) in [6, 6.07) is 2.98. The molecule has 0 aliphatic carbocycles. The summed E-state index contributed by atoms with van der Waals surface area (Å²) in [6.07, 6.45) is 6.67. The second kappa shape index (κ2) is 5.80. The Morgan fingerprint density at radius 2 is 2.44 bits per heavy atom. The van der Waals surface area contributed by atoms with Gasteiger partial charge in [-0.25, -0.2) is 9.97 Å². The van der Waals surface area contributed by atoms with E-state index in [9.17, 15) is 0 Å². The molecule has 1 aromatic heterocycles. The molecular formula is C12H19N3O. The molecule has 1 atom stereocenters. The first-order valence-corrected chi connectivity index (χ1v) is 6.00. The molecule has 16 heavy (non-hydrogen) atoms. The molecular weight excluding hydrogens is 202 g/mol. The van der Waals surface area contributed by atoms with E-state index in [1.807, 2.05) is 13.0 Å². The topological polar surface area (TPSA) is 47.0 Å². The van der Waals surface area contributed by atoms with E-state index in [0.29, 0.717) is 18.7 Å². The van der Waals surface area contributed by atoms with Gasteiger partial charge in [-0.05, 0) is 38.8 Å². The van der Waals surface area contributed by atoms with Crippen LogP contribution in [0.4, 0.5) is 0 Å². The van der Waals surface area contributed by atoms with Crippen molar-refractivity contribution in [3.8, 4) is 6.01 Å². The van der Waals surface area contributed by atoms with Crippen LogP contribution in [0.25, 0.3) is 0 Å². The predicted molar refractivity (Wildman–Crippen MR) is 62.5 cm³/mol. The molecule has 0 spiro atoms. The van der Waals surface area contributed by atoms with Crippen LogP contribution in [0, 0.1) is 6.92 Å². The lowest BCUT2D eigenvalue weighted by Crippen LogP contribution is -2.35. The van der Waals surface area contributed by atoms with E-state index in [4.69, 9.17) is 4.74 Å². The summed E-state index contributed by atoms with van der Waals surface area (Å²) in [5.41, 5.74) is 0.945. The van der Waals surface area contributed by atoms with Crippen LogP contribution in [0.3, 0.4) is 0 Å². The fourth-order valence-corrected chi connectivity index (χ4v) is 1.96. The molecule has 4 heteroatoms. The molecule has 1 fully saturated rings. The normalized spacial score (nSPS) is 20.7. The minimum absolute atomic E-state index is 0.496. The minimum Gasteiger partial charge on any atom is -0.463 e. The fourth-order valence-electron chi connectivity index (χ4n) is 1.96. The van der Waals surface area contributed by atoms with Crippen molar-refractivity contribution in [2.45, 2.75) is 38.6 Å². The zero-order valence-electron chi connectivity index (χ0n) is 9.78. The molecule has 88 valence electrons. The van der Waals surface area contributed by atoms with Gasteiger partial charge in [0.15, 0.2) is 0 Å². The molecule has 0 radical (unpaired) electrons. The zero-order chi connectivity index (χ0) is 11.2. The van der Waals surface area contributed by atoms with Gasteiger partial charge >= 0.3 is 6.01 Å². The summed E-state index contributed by atoms with van der Waals surface area (Å²) in [5, 5.41) is 3.50. The summed E-state index contributed by atoms with van der Waals surface area (Å²) in [4.78, 5) is 8.27. The van der Waals surface area contributed by atoms with Crippen molar-refractivity contribution < 1.29 is 4.74 Å². The predicted octanol–water partition coefficient (Wildman–Crippen LogP) is 1.70. The van der Waals surface area contributed by atoms with Crippen molar-refractivity contribution in [2.24, 2.45) is 0 Å². The van der Waals surface area contributed by atoms with Crippen LogP contribution < -0.4 is 10.1 Å². The standard InChI is InChI=1S/C12H19N3O/c1-10-5-8-14-12(15-10)16-9-6-11-4-2-3-7-13-11/h5,8,11,13H,2-4,6-7,9H2,1H3. The van der Waals surface area contributed by atoms with Crippen LogP contribution in [0.15, 0.2) is 12.3 Å². The third-order valence-electron chi connectivity index (χ3n) is 2.88. The van der Waals surface area contributed by atoms with Crippen molar-refractivity contribution in [2.75, 3.05) is 13.2 Å². The molecule has 1 aliphatic rings. The average molecular weight is 221 g/mol. The summed E-state index contributed by atoms with van der Waals surface area (Å²) in [6.45, 7) is 3.78. The van der Waals surface area contributed by atoms with Crippen molar-refractivity contribution in [1.29, 1.82) is 0 Å². The maximum absolute atomic E-state index is 5.53. The summed E-state index contributed by atoms with van der Waals surface area (Å²) < 4.78 is 5.53. The Kier molecular flexibility index (Phi) is 4.10. The van der Waals surface area contributed by atoms with E-state index < -0.39 is 0 Å². The third kappa shape index (κ3) is 3.45. The van der Waals surface area contributed by atoms with Crippen molar-refractivity contribution in [3.05, 3.63) is 18.0 Å². The lowest BCUT2D eigenvalue weighted by molar-refractivity contribution is 0.251. The highest BCUT2D eigenvalue weighted by Gasteiger charge is 2.12. The van der Waals surface area contributed by atoms with Gasteiger partial charge < -0.3 is 10.1 Å². The molecule has 1 aliphatic heterocycles. The van der Waals surface area contributed by atoms with Crippen LogP contribution in [0.1, 0.15) is 31.4 Å². The van der Waals surface area contributed by atoms with Gasteiger partial charge in [-0.1, -0.05) is 6.42 Å². The van der Waals surface area contributed by atoms with Gasteiger partial charge in [0.1, 0.15) is 0 Å². The Bertz CT molecular complexity index is 324. The largest absolute Gasteiger partial charge is 0.463 e. The number of nitrogens with one attached hydrogen (secondary N) is 1. The molecule has 0 saturated carbocycles. The lowest BCUT2D eigenvalue weighted by Gasteiger charge is -2.22. The van der Waals surface area contributed by atoms with Crippen molar-refractivity contribution in [1.82, 2.24) is 15.3 Å². The highest BCUT2D eigenvalue weighted by Crippen LogP contribution is 2.10. The number of rotatable bonds is 4. The second-order valence-electron chi connectivity index (χ2n) is 4.26. The molecule has 1 saturated heterocycles. The van der Waals surface area contributed by atoms with E-state index in [2.05, 4.69) is 15.3 Å². The maximum Gasteiger partial charge on any atom is 0.316 e. The Labute approximate surface area is 96.4 Å². The lowest BCUT2D eigenvalue weighted by atomic mass is 10.0. The Balaban J connectivity index is 1.71. The molecule has 0 bridgehead atoms. The monoisotopic (exact) mass is 221 g/mol. The summed E-state index contributed by atoms with van der Waals surface area (Å²) in [7, 11) is 0. The SMILES string of the molecule is Cc1ccnc(OCCC2CCCCN2)n1. The first kappa shape index (κ1) is 11.3. The quantitative estimate of drug-likeness (QED) is 0.840. The van der Waals surface area contributed by atoms with Crippen LogP contribution in [-0.2, 0) is 0 Å². The van der Waals surface area contributed by atoms with E-state index in [1.54, 1.807) is 6.20 Å². The molecule has 1 unspecified atom stereocenters. The van der Waals surface area contributed by atoms with Gasteiger partial charge in [0.05, 0.1) is 6.61 Å². The molecule has 2 heterocycles. The van der Waals surface area contributed by atoms with Crippen LogP contribution in [0.5, 0.6) is 6.01 Å². The van der Waals surface area contributed by atoms with E-state index in [0.717, 1.165) is 18.7 Å². The number of ether oxygens (including phenoxy) is 1. The molecule has 0 amide bonds. The van der Waals surface area contributed by atoms with Gasteiger partial charge in [-0.15, -0.1) is 0 Å². The number of piperidine rings is 1.